The Morgan fingerprint density at radius 1 is 1.35 bits per heavy atom. The molecule has 0 saturated heterocycles. The third kappa shape index (κ3) is 4.22. The molecular weight excluding hydrogens is 220 g/mol. The molecule has 0 aliphatic rings. The highest BCUT2D eigenvalue weighted by Crippen LogP contribution is 2.25. The van der Waals surface area contributed by atoms with Crippen molar-refractivity contribution < 1.29 is 14.3 Å². The van der Waals surface area contributed by atoms with Crippen LogP contribution in [0.3, 0.4) is 0 Å². The molecule has 94 valence electrons. The molecule has 5 nitrogen and oxygen atoms in total. The van der Waals surface area contributed by atoms with Gasteiger partial charge in [-0.3, -0.25) is 5.32 Å². The van der Waals surface area contributed by atoms with Crippen LogP contribution in [0.15, 0.2) is 18.2 Å². The largest absolute Gasteiger partial charge is 0.495 e. The molecule has 1 aromatic rings. The summed E-state index contributed by atoms with van der Waals surface area (Å²) in [6.45, 7) is 5.41. The molecule has 0 saturated carbocycles. The van der Waals surface area contributed by atoms with E-state index in [0.717, 1.165) is 0 Å². The monoisotopic (exact) mass is 238 g/mol. The molecule has 0 radical (unpaired) electrons. The van der Waals surface area contributed by atoms with E-state index in [-0.39, 0.29) is 0 Å². The normalized spacial score (nSPS) is 10.8. The van der Waals surface area contributed by atoms with E-state index in [2.05, 4.69) is 5.32 Å². The second kappa shape index (κ2) is 4.95. The van der Waals surface area contributed by atoms with Crippen LogP contribution < -0.4 is 15.8 Å². The fourth-order valence-corrected chi connectivity index (χ4v) is 1.21. The van der Waals surface area contributed by atoms with Crippen LogP contribution >= 0.6 is 0 Å². The molecule has 1 amide bonds. The second-order valence-electron chi connectivity index (χ2n) is 4.58. The van der Waals surface area contributed by atoms with Crippen molar-refractivity contribution in [3.05, 3.63) is 18.2 Å². The van der Waals surface area contributed by atoms with Crippen LogP contribution in [0.25, 0.3) is 0 Å². The third-order valence-corrected chi connectivity index (χ3v) is 1.88. The highest BCUT2D eigenvalue weighted by molar-refractivity contribution is 5.85. The van der Waals surface area contributed by atoms with E-state index in [0.29, 0.717) is 17.1 Å². The molecule has 0 atom stereocenters. The van der Waals surface area contributed by atoms with Crippen molar-refractivity contribution in [3.8, 4) is 5.75 Å². The topological polar surface area (TPSA) is 73.6 Å². The average molecular weight is 238 g/mol. The van der Waals surface area contributed by atoms with Crippen molar-refractivity contribution in [1.82, 2.24) is 0 Å². The van der Waals surface area contributed by atoms with Gasteiger partial charge in [0.25, 0.3) is 0 Å². The zero-order valence-electron chi connectivity index (χ0n) is 10.5. The number of nitrogen functional groups attached to an aromatic ring is 1. The third-order valence-electron chi connectivity index (χ3n) is 1.88. The molecule has 17 heavy (non-hydrogen) atoms. The first kappa shape index (κ1) is 13.2. The Morgan fingerprint density at radius 2 is 2.00 bits per heavy atom. The van der Waals surface area contributed by atoms with E-state index in [1.54, 1.807) is 39.0 Å². The van der Waals surface area contributed by atoms with Gasteiger partial charge in [-0.25, -0.2) is 4.79 Å². The van der Waals surface area contributed by atoms with Gasteiger partial charge >= 0.3 is 6.09 Å². The quantitative estimate of drug-likeness (QED) is 0.777. The summed E-state index contributed by atoms with van der Waals surface area (Å²) in [5, 5.41) is 2.60. The number of benzene rings is 1. The van der Waals surface area contributed by atoms with Crippen molar-refractivity contribution in [2.45, 2.75) is 26.4 Å². The molecule has 1 aromatic carbocycles. The molecule has 0 fully saturated rings. The molecule has 1 rings (SSSR count). The summed E-state index contributed by atoms with van der Waals surface area (Å²) < 4.78 is 10.2. The second-order valence-corrected chi connectivity index (χ2v) is 4.58. The van der Waals surface area contributed by atoms with Gasteiger partial charge in [0.15, 0.2) is 0 Å². The standard InChI is InChI=1S/C12H18N2O3/c1-12(2,3)17-11(15)14-8-5-6-9(13)10(7-8)16-4/h5-7H,13H2,1-4H3,(H,14,15). The Kier molecular flexibility index (Phi) is 3.83. The molecule has 0 aliphatic heterocycles. The lowest BCUT2D eigenvalue weighted by atomic mass is 10.2. The molecule has 0 bridgehead atoms. The summed E-state index contributed by atoms with van der Waals surface area (Å²) in [4.78, 5) is 11.5. The number of carbonyl (C=O) groups excluding carboxylic acids is 1. The van der Waals surface area contributed by atoms with Crippen LogP contribution in [0.2, 0.25) is 0 Å². The Morgan fingerprint density at radius 3 is 2.53 bits per heavy atom. The van der Waals surface area contributed by atoms with Crippen molar-refractivity contribution in [1.29, 1.82) is 0 Å². The van der Waals surface area contributed by atoms with E-state index >= 15 is 0 Å². The number of nitrogens with two attached hydrogens (primary N) is 1. The van der Waals surface area contributed by atoms with Crippen molar-refractivity contribution in [2.24, 2.45) is 0 Å². The number of methoxy groups -OCH3 is 1. The summed E-state index contributed by atoms with van der Waals surface area (Å²) in [5.74, 6) is 0.513. The van der Waals surface area contributed by atoms with Gasteiger partial charge in [-0.05, 0) is 32.9 Å². The summed E-state index contributed by atoms with van der Waals surface area (Å²) in [5.41, 5.74) is 6.23. The van der Waals surface area contributed by atoms with E-state index < -0.39 is 11.7 Å². The molecule has 3 N–H and O–H groups in total. The minimum absolute atomic E-state index is 0.510. The number of amides is 1. The Bertz CT molecular complexity index is 411. The van der Waals surface area contributed by atoms with Gasteiger partial charge < -0.3 is 15.2 Å². The van der Waals surface area contributed by atoms with Gasteiger partial charge in [0.1, 0.15) is 11.4 Å². The van der Waals surface area contributed by atoms with Gasteiger partial charge in [-0.2, -0.15) is 0 Å². The number of ether oxygens (including phenoxy) is 2. The maximum atomic E-state index is 11.5. The number of carbonyl (C=O) groups is 1. The van der Waals surface area contributed by atoms with Gasteiger partial charge in [0, 0.05) is 11.8 Å². The van der Waals surface area contributed by atoms with Crippen LogP contribution in [0.4, 0.5) is 16.2 Å². The van der Waals surface area contributed by atoms with Crippen molar-refractivity contribution >= 4 is 17.5 Å². The lowest BCUT2D eigenvalue weighted by Crippen LogP contribution is -2.27. The highest BCUT2D eigenvalue weighted by atomic mass is 16.6. The van der Waals surface area contributed by atoms with Crippen molar-refractivity contribution in [3.63, 3.8) is 0 Å². The Hall–Kier alpha value is -1.91. The molecular formula is C12H18N2O3. The first-order valence-corrected chi connectivity index (χ1v) is 5.25. The predicted molar refractivity (Wildman–Crippen MR) is 67.3 cm³/mol. The van der Waals surface area contributed by atoms with Gasteiger partial charge in [0.05, 0.1) is 12.8 Å². The summed E-state index contributed by atoms with van der Waals surface area (Å²) in [7, 11) is 1.52. The fraction of sp³-hybridized carbons (Fsp3) is 0.417. The van der Waals surface area contributed by atoms with Crippen LogP contribution in [-0.4, -0.2) is 18.8 Å². The maximum absolute atomic E-state index is 11.5. The molecule has 5 heteroatoms. The minimum atomic E-state index is -0.526. The van der Waals surface area contributed by atoms with Crippen LogP contribution in [-0.2, 0) is 4.74 Å². The molecule has 0 aromatic heterocycles. The van der Waals surface area contributed by atoms with Crippen molar-refractivity contribution in [2.75, 3.05) is 18.2 Å². The van der Waals surface area contributed by atoms with Gasteiger partial charge in [-0.15, -0.1) is 0 Å². The summed E-state index contributed by atoms with van der Waals surface area (Å²) in [6.07, 6.45) is -0.510. The van der Waals surface area contributed by atoms with E-state index in [9.17, 15) is 4.79 Å². The lowest BCUT2D eigenvalue weighted by molar-refractivity contribution is 0.0636. The SMILES string of the molecule is COc1cc(NC(=O)OC(C)(C)C)ccc1N. The van der Waals surface area contributed by atoms with E-state index in [1.807, 2.05) is 0 Å². The number of rotatable bonds is 2. The summed E-state index contributed by atoms with van der Waals surface area (Å²) in [6, 6.07) is 4.98. The molecule has 0 unspecified atom stereocenters. The number of hydrogen-bond donors (Lipinski definition) is 2. The smallest absolute Gasteiger partial charge is 0.412 e. The van der Waals surface area contributed by atoms with E-state index in [4.69, 9.17) is 15.2 Å². The molecule has 0 heterocycles. The van der Waals surface area contributed by atoms with Gasteiger partial charge in [0.2, 0.25) is 0 Å². The predicted octanol–water partition coefficient (Wildman–Crippen LogP) is 2.62. The average Bonchev–Trinajstić information content (AvgIpc) is 2.18. The first-order valence-electron chi connectivity index (χ1n) is 5.25. The molecule has 0 aliphatic carbocycles. The summed E-state index contributed by atoms with van der Waals surface area (Å²) >= 11 is 0. The van der Waals surface area contributed by atoms with E-state index in [1.165, 1.54) is 7.11 Å². The number of anilines is 2. The Balaban J connectivity index is 2.72. The number of hydrogen-bond acceptors (Lipinski definition) is 4. The van der Waals surface area contributed by atoms with Crippen LogP contribution in [0.1, 0.15) is 20.8 Å². The zero-order chi connectivity index (χ0) is 13.1. The van der Waals surface area contributed by atoms with Crippen LogP contribution in [0.5, 0.6) is 5.75 Å². The Labute approximate surface area is 101 Å². The fourth-order valence-electron chi connectivity index (χ4n) is 1.21. The lowest BCUT2D eigenvalue weighted by Gasteiger charge is -2.19. The van der Waals surface area contributed by atoms with Crippen LogP contribution in [0, 0.1) is 0 Å². The first-order chi connectivity index (χ1) is 7.81. The zero-order valence-corrected chi connectivity index (χ0v) is 10.5. The number of nitrogens with one attached hydrogen (secondary N) is 1. The molecule has 0 spiro atoms. The minimum Gasteiger partial charge on any atom is -0.495 e. The highest BCUT2D eigenvalue weighted by Gasteiger charge is 2.16. The van der Waals surface area contributed by atoms with Gasteiger partial charge in [-0.1, -0.05) is 0 Å². The maximum Gasteiger partial charge on any atom is 0.412 e.